The van der Waals surface area contributed by atoms with Gasteiger partial charge in [-0.05, 0) is 24.6 Å². The maximum Gasteiger partial charge on any atom is 0.258 e. The molecule has 7 nitrogen and oxygen atoms in total. The third-order valence-electron chi connectivity index (χ3n) is 7.04. The number of methoxy groups -OCH3 is 1. The maximum absolute atomic E-state index is 13.8. The zero-order valence-electron chi connectivity index (χ0n) is 20.7. The van der Waals surface area contributed by atoms with Gasteiger partial charge >= 0.3 is 0 Å². The highest BCUT2D eigenvalue weighted by atomic mass is 16.7. The van der Waals surface area contributed by atoms with E-state index in [4.69, 9.17) is 24.9 Å². The van der Waals surface area contributed by atoms with Crippen LogP contribution in [0.3, 0.4) is 0 Å². The van der Waals surface area contributed by atoms with Gasteiger partial charge in [0.25, 0.3) is 5.91 Å². The molecule has 3 heterocycles. The largest absolute Gasteiger partial charge is 0.496 e. The number of para-hydroxylation sites is 1. The number of hydrogen-bond donors (Lipinski definition) is 1. The second-order valence-corrected chi connectivity index (χ2v) is 9.34. The molecule has 37 heavy (non-hydrogen) atoms. The predicted octanol–water partition coefficient (Wildman–Crippen LogP) is 5.21. The fourth-order valence-electron chi connectivity index (χ4n) is 5.22. The molecule has 4 aromatic rings. The van der Waals surface area contributed by atoms with Crippen molar-refractivity contribution in [2.24, 2.45) is 0 Å². The first-order valence-electron chi connectivity index (χ1n) is 12.2. The van der Waals surface area contributed by atoms with Crippen molar-refractivity contribution in [1.82, 2.24) is 9.88 Å². The van der Waals surface area contributed by atoms with Gasteiger partial charge in [-0.2, -0.15) is 0 Å². The van der Waals surface area contributed by atoms with Crippen LogP contribution in [0.2, 0.25) is 0 Å². The van der Waals surface area contributed by atoms with Gasteiger partial charge in [-0.25, -0.2) is 4.98 Å². The van der Waals surface area contributed by atoms with E-state index in [-0.39, 0.29) is 18.7 Å². The van der Waals surface area contributed by atoms with Crippen molar-refractivity contribution in [3.05, 3.63) is 101 Å². The molecule has 0 fully saturated rings. The molecule has 1 unspecified atom stereocenters. The number of hydrogen-bond acceptors (Lipinski definition) is 6. The highest BCUT2D eigenvalue weighted by Crippen LogP contribution is 2.40. The third kappa shape index (κ3) is 3.93. The average Bonchev–Trinajstić information content (AvgIpc) is 3.56. The fraction of sp³-hybridized carbons (Fsp3) is 0.200. The third-order valence-corrected chi connectivity index (χ3v) is 7.04. The highest BCUT2D eigenvalue weighted by Gasteiger charge is 2.39. The van der Waals surface area contributed by atoms with Gasteiger partial charge < -0.3 is 24.8 Å². The molecule has 186 valence electrons. The molecule has 1 aromatic heterocycles. The summed E-state index contributed by atoms with van der Waals surface area (Å²) in [6.45, 7) is 2.51. The van der Waals surface area contributed by atoms with E-state index < -0.39 is 0 Å². The van der Waals surface area contributed by atoms with Crippen LogP contribution in [0.4, 0.5) is 5.69 Å². The minimum absolute atomic E-state index is 0.140. The molecule has 0 radical (unpaired) electrons. The van der Waals surface area contributed by atoms with Gasteiger partial charge in [-0.3, -0.25) is 4.79 Å². The van der Waals surface area contributed by atoms with E-state index in [0.717, 1.165) is 38.9 Å². The minimum atomic E-state index is -0.342. The predicted molar refractivity (Wildman–Crippen MR) is 142 cm³/mol. The van der Waals surface area contributed by atoms with Gasteiger partial charge in [0.1, 0.15) is 12.0 Å². The van der Waals surface area contributed by atoms with E-state index in [9.17, 15) is 4.79 Å². The number of nitrogens with two attached hydrogens (primary N) is 1. The first kappa shape index (κ1) is 22.9. The Morgan fingerprint density at radius 3 is 2.68 bits per heavy atom. The summed E-state index contributed by atoms with van der Waals surface area (Å²) in [6.07, 6.45) is 2.18. The first-order valence-corrected chi connectivity index (χ1v) is 12.2. The number of ether oxygens (including phenoxy) is 3. The molecule has 7 heteroatoms. The van der Waals surface area contributed by atoms with E-state index in [1.54, 1.807) is 18.3 Å². The van der Waals surface area contributed by atoms with E-state index in [1.165, 1.54) is 0 Å². The SMILES string of the molecule is COc1ccc(C)cc1-c1cccc2c(N)c3c(nc12)CN(C(Cc1ccccc1)C1=COCO1)C3=O. The number of aryl methyl sites for hydroxylation is 1. The Kier molecular flexibility index (Phi) is 5.68. The maximum atomic E-state index is 13.8. The zero-order valence-corrected chi connectivity index (χ0v) is 20.7. The van der Waals surface area contributed by atoms with E-state index in [1.807, 2.05) is 67.6 Å². The normalized spacial score (nSPS) is 15.2. The Morgan fingerprint density at radius 2 is 1.92 bits per heavy atom. The Morgan fingerprint density at radius 1 is 1.08 bits per heavy atom. The van der Waals surface area contributed by atoms with E-state index >= 15 is 0 Å². The molecule has 3 aromatic carbocycles. The smallest absolute Gasteiger partial charge is 0.258 e. The van der Waals surface area contributed by atoms with Crippen LogP contribution in [0.15, 0.2) is 78.8 Å². The van der Waals surface area contributed by atoms with Crippen LogP contribution in [0.5, 0.6) is 5.75 Å². The number of benzene rings is 3. The minimum Gasteiger partial charge on any atom is -0.496 e. The monoisotopic (exact) mass is 493 g/mol. The van der Waals surface area contributed by atoms with Gasteiger partial charge in [0.2, 0.25) is 6.79 Å². The number of carbonyl (C=O) groups is 1. The van der Waals surface area contributed by atoms with Crippen molar-refractivity contribution >= 4 is 22.5 Å². The number of rotatable bonds is 6. The Hall–Kier alpha value is -4.52. The molecule has 0 bridgehead atoms. The van der Waals surface area contributed by atoms with Crippen molar-refractivity contribution in [2.45, 2.75) is 25.9 Å². The molecule has 0 saturated carbocycles. The van der Waals surface area contributed by atoms with Crippen LogP contribution in [0.25, 0.3) is 22.0 Å². The lowest BCUT2D eigenvalue weighted by Gasteiger charge is -2.27. The number of aromatic nitrogens is 1. The van der Waals surface area contributed by atoms with Crippen molar-refractivity contribution in [3.63, 3.8) is 0 Å². The van der Waals surface area contributed by atoms with Gasteiger partial charge in [0.15, 0.2) is 5.76 Å². The average molecular weight is 494 g/mol. The number of fused-ring (bicyclic) bond motifs is 2. The molecule has 0 spiro atoms. The van der Waals surface area contributed by atoms with Crippen molar-refractivity contribution in [2.75, 3.05) is 19.6 Å². The number of nitrogens with zero attached hydrogens (tertiary/aromatic N) is 2. The summed E-state index contributed by atoms with van der Waals surface area (Å²) in [5.41, 5.74) is 13.0. The molecule has 2 aliphatic rings. The summed E-state index contributed by atoms with van der Waals surface area (Å²) in [6, 6.07) is 21.6. The van der Waals surface area contributed by atoms with Crippen LogP contribution in [0.1, 0.15) is 27.2 Å². The Balaban J connectivity index is 1.46. The number of anilines is 1. The lowest BCUT2D eigenvalue weighted by Crippen LogP contribution is -2.39. The van der Waals surface area contributed by atoms with Crippen LogP contribution in [-0.4, -0.2) is 35.7 Å². The number of carbonyl (C=O) groups excluding carboxylic acids is 1. The summed E-state index contributed by atoms with van der Waals surface area (Å²) in [4.78, 5) is 20.6. The highest BCUT2D eigenvalue weighted by molar-refractivity contribution is 6.11. The summed E-state index contributed by atoms with van der Waals surface area (Å²) in [7, 11) is 1.66. The summed E-state index contributed by atoms with van der Waals surface area (Å²) >= 11 is 0. The van der Waals surface area contributed by atoms with Gasteiger partial charge in [-0.15, -0.1) is 0 Å². The second-order valence-electron chi connectivity index (χ2n) is 9.34. The molecule has 1 amide bonds. The van der Waals surface area contributed by atoms with Gasteiger partial charge in [0, 0.05) is 22.9 Å². The number of pyridine rings is 1. The van der Waals surface area contributed by atoms with Crippen LogP contribution in [0, 0.1) is 6.92 Å². The Bertz CT molecular complexity index is 1550. The molecule has 0 aliphatic carbocycles. The topological polar surface area (TPSA) is 86.9 Å². The summed E-state index contributed by atoms with van der Waals surface area (Å²) in [5.74, 6) is 1.22. The molecule has 0 saturated heterocycles. The van der Waals surface area contributed by atoms with Crippen molar-refractivity contribution in [1.29, 1.82) is 0 Å². The fourth-order valence-corrected chi connectivity index (χ4v) is 5.22. The van der Waals surface area contributed by atoms with Gasteiger partial charge in [-0.1, -0.05) is 60.2 Å². The van der Waals surface area contributed by atoms with Crippen LogP contribution < -0.4 is 10.5 Å². The molecule has 1 atom stereocenters. The van der Waals surface area contributed by atoms with Crippen LogP contribution >= 0.6 is 0 Å². The van der Waals surface area contributed by atoms with E-state index in [2.05, 4.69) is 6.07 Å². The first-order chi connectivity index (χ1) is 18.0. The lowest BCUT2D eigenvalue weighted by atomic mass is 9.97. The molecule has 2 aliphatic heterocycles. The van der Waals surface area contributed by atoms with Gasteiger partial charge in [0.05, 0.1) is 42.2 Å². The van der Waals surface area contributed by atoms with Crippen molar-refractivity contribution in [3.8, 4) is 16.9 Å². The number of amides is 1. The quantitative estimate of drug-likeness (QED) is 0.397. The molecular formula is C30H27N3O4. The Labute approximate surface area is 215 Å². The standard InChI is InChI=1S/C30H27N3O4/c1-18-11-12-25(35-2)22(13-18)20-9-6-10-21-28(31)27-23(32-29(20)21)15-33(30(27)34)24(26-16-36-17-37-26)14-19-7-4-3-5-8-19/h3-13,16,24H,14-15,17H2,1-2H3,(H2,31,32). The molecule has 2 N–H and O–H groups in total. The van der Waals surface area contributed by atoms with E-state index in [0.29, 0.717) is 35.7 Å². The zero-order chi connectivity index (χ0) is 25.5. The lowest BCUT2D eigenvalue weighted by molar-refractivity contribution is 0.0501. The second kappa shape index (κ2) is 9.17. The summed E-state index contributed by atoms with van der Waals surface area (Å²) in [5, 5.41) is 0.745. The van der Waals surface area contributed by atoms with Crippen molar-refractivity contribution < 1.29 is 19.0 Å². The molecule has 6 rings (SSSR count). The summed E-state index contributed by atoms with van der Waals surface area (Å²) < 4.78 is 16.8. The number of nitrogen functional groups attached to an aromatic ring is 1. The molecular weight excluding hydrogens is 466 g/mol. The van der Waals surface area contributed by atoms with Crippen LogP contribution in [-0.2, 0) is 22.4 Å².